The van der Waals surface area contributed by atoms with Crippen molar-refractivity contribution in [2.75, 3.05) is 55.4 Å². The maximum Gasteiger partial charge on any atom is 0.286 e. The minimum absolute atomic E-state index is 0.445. The molecule has 0 N–H and O–H groups in total. The van der Waals surface area contributed by atoms with Crippen molar-refractivity contribution in [3.8, 4) is 0 Å². The standard InChI is InChI=1S/C24H50N6O2P2/c1-25(33(31)27(3)21-15-9-10-16-22(21)28(33)4)19-13-7-8-14-20-26(2)34(32)29(5)23-17-11-12-18-24(23)30(34)6/h21-24H,7-20H2,1-6H3/t21-,22-,23-,24-/m1/s1. The van der Waals surface area contributed by atoms with Crippen LogP contribution in [0.1, 0.15) is 77.0 Å². The van der Waals surface area contributed by atoms with Crippen LogP contribution in [-0.4, -0.2) is 108 Å². The van der Waals surface area contributed by atoms with Gasteiger partial charge >= 0.3 is 0 Å². The maximum atomic E-state index is 14.0. The van der Waals surface area contributed by atoms with Gasteiger partial charge < -0.3 is 0 Å². The second-order valence-corrected chi connectivity index (χ2v) is 17.3. The average Bonchev–Trinajstić information content (AvgIpc) is 3.18. The lowest BCUT2D eigenvalue weighted by molar-refractivity contribution is 0.233. The summed E-state index contributed by atoms with van der Waals surface area (Å²) in [6.45, 7) is 1.74. The minimum atomic E-state index is -2.63. The monoisotopic (exact) mass is 516 g/mol. The second kappa shape index (κ2) is 10.9. The van der Waals surface area contributed by atoms with Crippen molar-refractivity contribution >= 4 is 15.2 Å². The molecule has 4 aliphatic rings. The lowest BCUT2D eigenvalue weighted by Crippen LogP contribution is -2.37. The first-order valence-electron chi connectivity index (χ1n) is 13.7. The number of nitrogens with zero attached hydrogens (tertiary/aromatic N) is 6. The molecule has 2 aliphatic carbocycles. The number of likely N-dealkylation sites (N-methyl/N-ethyl adjacent to an activating group) is 4. The number of hydrogen-bond donors (Lipinski definition) is 0. The van der Waals surface area contributed by atoms with Crippen LogP contribution in [0, 0.1) is 0 Å². The van der Waals surface area contributed by atoms with E-state index >= 15 is 0 Å². The molecule has 0 spiro atoms. The zero-order chi connectivity index (χ0) is 24.7. The van der Waals surface area contributed by atoms with Crippen LogP contribution in [-0.2, 0) is 9.13 Å². The van der Waals surface area contributed by atoms with Crippen LogP contribution >= 0.6 is 15.2 Å². The average molecular weight is 517 g/mol. The molecule has 0 amide bonds. The van der Waals surface area contributed by atoms with Gasteiger partial charge in [-0.15, -0.1) is 0 Å². The smallest absolute Gasteiger partial charge is 0.270 e. The molecule has 2 heterocycles. The molecule has 34 heavy (non-hydrogen) atoms. The Labute approximate surface area is 209 Å². The Morgan fingerprint density at radius 2 is 0.824 bits per heavy atom. The van der Waals surface area contributed by atoms with Crippen molar-refractivity contribution in [2.24, 2.45) is 0 Å². The number of rotatable bonds is 9. The van der Waals surface area contributed by atoms with E-state index in [-0.39, 0.29) is 0 Å². The quantitative estimate of drug-likeness (QED) is 0.313. The molecule has 0 aromatic carbocycles. The number of unbranched alkanes of at least 4 members (excludes halogenated alkanes) is 3. The summed E-state index contributed by atoms with van der Waals surface area (Å²) >= 11 is 0. The van der Waals surface area contributed by atoms with Gasteiger partial charge in [-0.05, 0) is 80.8 Å². The molecule has 2 saturated heterocycles. The highest BCUT2D eigenvalue weighted by Gasteiger charge is 2.54. The Bertz CT molecular complexity index is 691. The van der Waals surface area contributed by atoms with Crippen LogP contribution in [0.15, 0.2) is 0 Å². The van der Waals surface area contributed by atoms with Crippen LogP contribution in [0.3, 0.4) is 0 Å². The molecular formula is C24H50N6O2P2. The molecule has 4 fully saturated rings. The fourth-order valence-corrected chi connectivity index (χ4v) is 13.6. The summed E-state index contributed by atoms with van der Waals surface area (Å²) in [5.74, 6) is 0. The molecule has 0 radical (unpaired) electrons. The molecule has 0 aromatic heterocycles. The largest absolute Gasteiger partial charge is 0.286 e. The summed E-state index contributed by atoms with van der Waals surface area (Å²) in [6.07, 6.45) is 14.1. The first-order valence-corrected chi connectivity index (χ1v) is 16.8. The minimum Gasteiger partial charge on any atom is -0.270 e. The van der Waals surface area contributed by atoms with Crippen molar-refractivity contribution < 1.29 is 9.13 Å². The molecular weight excluding hydrogens is 466 g/mol. The Hall–Kier alpha value is 0.220. The van der Waals surface area contributed by atoms with E-state index in [0.717, 1.165) is 38.8 Å². The fraction of sp³-hybridized carbons (Fsp3) is 1.00. The third-order valence-corrected chi connectivity index (χ3v) is 16.2. The van der Waals surface area contributed by atoms with Crippen LogP contribution in [0.25, 0.3) is 0 Å². The summed E-state index contributed by atoms with van der Waals surface area (Å²) in [7, 11) is 7.16. The van der Waals surface area contributed by atoms with Gasteiger partial charge in [0, 0.05) is 37.3 Å². The molecule has 2 aliphatic heterocycles. The highest BCUT2D eigenvalue weighted by molar-refractivity contribution is 7.57. The maximum absolute atomic E-state index is 14.0. The molecule has 10 heteroatoms. The Balaban J connectivity index is 1.21. The topological polar surface area (TPSA) is 53.6 Å². The van der Waals surface area contributed by atoms with Crippen molar-refractivity contribution in [3.63, 3.8) is 0 Å². The lowest BCUT2D eigenvalue weighted by Gasteiger charge is -2.35. The van der Waals surface area contributed by atoms with E-state index < -0.39 is 15.2 Å². The van der Waals surface area contributed by atoms with Gasteiger partial charge in [0.05, 0.1) is 0 Å². The van der Waals surface area contributed by atoms with E-state index in [2.05, 4.69) is 70.3 Å². The third kappa shape index (κ3) is 4.53. The summed E-state index contributed by atoms with van der Waals surface area (Å²) in [5, 5.41) is 0. The summed E-state index contributed by atoms with van der Waals surface area (Å²) in [5.41, 5.74) is 0. The van der Waals surface area contributed by atoms with Gasteiger partial charge in [0.1, 0.15) is 0 Å². The molecule has 2 saturated carbocycles. The van der Waals surface area contributed by atoms with Crippen molar-refractivity contribution in [1.82, 2.24) is 28.0 Å². The zero-order valence-electron chi connectivity index (χ0n) is 22.6. The van der Waals surface area contributed by atoms with Crippen molar-refractivity contribution in [2.45, 2.75) is 101 Å². The van der Waals surface area contributed by atoms with Gasteiger partial charge in [0.25, 0.3) is 15.2 Å². The zero-order valence-corrected chi connectivity index (χ0v) is 24.4. The Kier molecular flexibility index (Phi) is 8.75. The van der Waals surface area contributed by atoms with Gasteiger partial charge in [0.15, 0.2) is 0 Å². The predicted octanol–water partition coefficient (Wildman–Crippen LogP) is 5.00. The van der Waals surface area contributed by atoms with Gasteiger partial charge in [-0.1, -0.05) is 38.5 Å². The highest BCUT2D eigenvalue weighted by Crippen LogP contribution is 2.64. The normalized spacial score (nSPS) is 34.7. The summed E-state index contributed by atoms with van der Waals surface area (Å²) in [4.78, 5) is 0. The van der Waals surface area contributed by atoms with Crippen LogP contribution < -0.4 is 0 Å². The van der Waals surface area contributed by atoms with E-state index in [1.807, 2.05) is 0 Å². The second-order valence-electron chi connectivity index (χ2n) is 11.3. The van der Waals surface area contributed by atoms with E-state index in [0.29, 0.717) is 24.2 Å². The van der Waals surface area contributed by atoms with Crippen LogP contribution in [0.2, 0.25) is 0 Å². The molecule has 0 aromatic rings. The van der Waals surface area contributed by atoms with Crippen molar-refractivity contribution in [3.05, 3.63) is 0 Å². The molecule has 8 nitrogen and oxygen atoms in total. The first-order chi connectivity index (χ1) is 16.1. The molecule has 198 valence electrons. The SMILES string of the molecule is CN(CCCCCCN(C)P1(=O)N(C)[C@@H]2CCCC[C@H]2N1C)P1(=O)N(C)[C@@H]2CCCC[C@H]2N1C. The predicted molar refractivity (Wildman–Crippen MR) is 142 cm³/mol. The molecule has 4 atom stereocenters. The van der Waals surface area contributed by atoms with Crippen LogP contribution in [0.5, 0.6) is 0 Å². The van der Waals surface area contributed by atoms with Crippen LogP contribution in [0.4, 0.5) is 0 Å². The summed E-state index contributed by atoms with van der Waals surface area (Å²) < 4.78 is 41.2. The molecule has 0 unspecified atom stereocenters. The van der Waals surface area contributed by atoms with E-state index in [1.165, 1.54) is 51.4 Å². The number of hydrogen-bond acceptors (Lipinski definition) is 2. The van der Waals surface area contributed by atoms with E-state index in [1.54, 1.807) is 0 Å². The van der Waals surface area contributed by atoms with E-state index in [9.17, 15) is 9.13 Å². The van der Waals surface area contributed by atoms with Crippen molar-refractivity contribution in [1.29, 1.82) is 0 Å². The van der Waals surface area contributed by atoms with Gasteiger partial charge in [-0.3, -0.25) is 9.13 Å². The Morgan fingerprint density at radius 1 is 0.559 bits per heavy atom. The lowest BCUT2D eigenvalue weighted by atomic mass is 9.91. The highest BCUT2D eigenvalue weighted by atomic mass is 31.2. The summed E-state index contributed by atoms with van der Waals surface area (Å²) in [6, 6.07) is 1.78. The molecule has 0 bridgehead atoms. The van der Waals surface area contributed by atoms with Gasteiger partial charge in [0.2, 0.25) is 0 Å². The third-order valence-electron chi connectivity index (χ3n) is 9.55. The first kappa shape index (κ1) is 27.3. The van der Waals surface area contributed by atoms with Gasteiger partial charge in [-0.25, -0.2) is 28.0 Å². The van der Waals surface area contributed by atoms with E-state index in [4.69, 9.17) is 0 Å². The molecule has 4 rings (SSSR count). The fourth-order valence-electron chi connectivity index (χ4n) is 7.40. The Morgan fingerprint density at radius 3 is 1.09 bits per heavy atom. The van der Waals surface area contributed by atoms with Gasteiger partial charge in [-0.2, -0.15) is 0 Å². The number of fused-ring (bicyclic) bond motifs is 2.